The van der Waals surface area contributed by atoms with Gasteiger partial charge in [-0.2, -0.15) is 4.98 Å². The maximum absolute atomic E-state index is 11.6. The number of carbonyl (C=O) groups is 1. The predicted octanol–water partition coefficient (Wildman–Crippen LogP) is 1.72. The topological polar surface area (TPSA) is 85.6 Å². The Morgan fingerprint density at radius 3 is 2.88 bits per heavy atom. The zero-order valence-electron chi connectivity index (χ0n) is 13.2. The summed E-state index contributed by atoms with van der Waals surface area (Å²) >= 11 is 0. The van der Waals surface area contributed by atoms with Crippen molar-refractivity contribution in [3.05, 3.63) is 42.6 Å². The summed E-state index contributed by atoms with van der Waals surface area (Å²) in [6, 6.07) is 11.2. The van der Waals surface area contributed by atoms with Crippen LogP contribution in [0.2, 0.25) is 0 Å². The molecule has 0 aliphatic rings. The lowest BCUT2D eigenvalue weighted by molar-refractivity contribution is -0.119. The Hall–Kier alpha value is -2.58. The molecule has 1 unspecified atom stereocenters. The average Bonchev–Trinajstić information content (AvgIpc) is 2.96. The van der Waals surface area contributed by atoms with Gasteiger partial charge in [0.2, 0.25) is 5.95 Å². The molecule has 0 aliphatic carbocycles. The number of nitrogens with one attached hydrogen (secondary N) is 1. The number of rotatable bonds is 5. The number of fused-ring (bicyclic) bond motifs is 1. The molecule has 1 aromatic carbocycles. The zero-order chi connectivity index (χ0) is 17.1. The number of aromatic nitrogens is 3. The molecule has 8 heteroatoms. The first kappa shape index (κ1) is 16.3. The summed E-state index contributed by atoms with van der Waals surface area (Å²) in [4.78, 5) is 16.5. The van der Waals surface area contributed by atoms with Gasteiger partial charge in [0.25, 0.3) is 5.91 Å². The lowest BCUT2D eigenvalue weighted by Crippen LogP contribution is -2.17. The second kappa shape index (κ2) is 6.90. The van der Waals surface area contributed by atoms with Gasteiger partial charge in [0.05, 0.1) is 0 Å². The van der Waals surface area contributed by atoms with E-state index in [1.165, 1.54) is 7.11 Å². The van der Waals surface area contributed by atoms with E-state index >= 15 is 0 Å². The number of hydrogen-bond acceptors (Lipinski definition) is 5. The van der Waals surface area contributed by atoms with Crippen LogP contribution >= 0.6 is 0 Å². The second-order valence-electron chi connectivity index (χ2n) is 5.12. The van der Waals surface area contributed by atoms with Gasteiger partial charge < -0.3 is 4.74 Å². The summed E-state index contributed by atoms with van der Waals surface area (Å²) in [6.45, 7) is -0.0538. The predicted molar refractivity (Wildman–Crippen MR) is 91.3 cm³/mol. The van der Waals surface area contributed by atoms with Crippen LogP contribution in [-0.2, 0) is 20.3 Å². The Labute approximate surface area is 141 Å². The molecule has 124 valence electrons. The molecule has 1 N–H and O–H groups in total. The second-order valence-corrected chi connectivity index (χ2v) is 6.50. The molecule has 2 heterocycles. The highest BCUT2D eigenvalue weighted by molar-refractivity contribution is 7.84. The Bertz CT molecular complexity index is 923. The number of hydrogen-bond donors (Lipinski definition) is 1. The highest BCUT2D eigenvalue weighted by Crippen LogP contribution is 2.22. The number of methoxy groups -OCH3 is 1. The minimum Gasteiger partial charge on any atom is -0.375 e. The Morgan fingerprint density at radius 1 is 1.29 bits per heavy atom. The van der Waals surface area contributed by atoms with E-state index in [0.717, 1.165) is 16.0 Å². The summed E-state index contributed by atoms with van der Waals surface area (Å²) in [5, 5.41) is 6.81. The van der Waals surface area contributed by atoms with Crippen LogP contribution in [0.1, 0.15) is 0 Å². The number of pyridine rings is 1. The molecule has 3 rings (SSSR count). The summed E-state index contributed by atoms with van der Waals surface area (Å²) < 4.78 is 18.0. The third kappa shape index (κ3) is 3.50. The van der Waals surface area contributed by atoms with Gasteiger partial charge in [-0.05, 0) is 29.8 Å². The van der Waals surface area contributed by atoms with Crippen molar-refractivity contribution in [2.24, 2.45) is 0 Å². The first-order valence-electron chi connectivity index (χ1n) is 7.16. The maximum Gasteiger partial charge on any atom is 0.252 e. The highest BCUT2D eigenvalue weighted by Gasteiger charge is 2.09. The molecule has 7 nitrogen and oxygen atoms in total. The Balaban J connectivity index is 1.92. The van der Waals surface area contributed by atoms with E-state index < -0.39 is 10.8 Å². The van der Waals surface area contributed by atoms with E-state index in [2.05, 4.69) is 15.4 Å². The summed E-state index contributed by atoms with van der Waals surface area (Å²) in [5.74, 6) is -0.0932. The molecule has 0 fully saturated rings. The number of nitrogens with zero attached hydrogens (tertiary/aromatic N) is 3. The van der Waals surface area contributed by atoms with Crippen LogP contribution in [0, 0.1) is 0 Å². The van der Waals surface area contributed by atoms with Crippen LogP contribution in [0.3, 0.4) is 0 Å². The molecule has 0 radical (unpaired) electrons. The minimum absolute atomic E-state index is 0.0538. The van der Waals surface area contributed by atoms with E-state index in [0.29, 0.717) is 5.65 Å². The third-order valence-electron chi connectivity index (χ3n) is 3.36. The van der Waals surface area contributed by atoms with E-state index in [9.17, 15) is 9.00 Å². The number of carbonyl (C=O) groups excluding carboxylic acids is 1. The van der Waals surface area contributed by atoms with Crippen molar-refractivity contribution in [2.45, 2.75) is 4.90 Å². The highest BCUT2D eigenvalue weighted by atomic mass is 32.2. The standard InChI is InChI=1S/C16H16N4O3S/c1-23-10-15(21)18-16-17-14-7-6-12(9-20(14)19-16)11-4-3-5-13(8-11)24(2)22/h3-9H,10H2,1-2H3,(H,18,19,21). The van der Waals surface area contributed by atoms with E-state index in [1.54, 1.807) is 10.8 Å². The molecule has 2 aromatic heterocycles. The number of anilines is 1. The summed E-state index contributed by atoms with van der Waals surface area (Å²) in [7, 11) is 0.406. The molecule has 0 bridgehead atoms. The van der Waals surface area contributed by atoms with Gasteiger partial charge in [0.15, 0.2) is 5.65 Å². The molecule has 24 heavy (non-hydrogen) atoms. The first-order chi connectivity index (χ1) is 11.6. The molecule has 0 saturated heterocycles. The number of benzene rings is 1. The van der Waals surface area contributed by atoms with Crippen LogP contribution in [0.5, 0.6) is 0 Å². The van der Waals surface area contributed by atoms with Crippen LogP contribution in [-0.4, -0.2) is 44.7 Å². The van der Waals surface area contributed by atoms with Crippen LogP contribution < -0.4 is 5.32 Å². The van der Waals surface area contributed by atoms with Crippen molar-refractivity contribution in [1.29, 1.82) is 0 Å². The van der Waals surface area contributed by atoms with Crippen molar-refractivity contribution < 1.29 is 13.7 Å². The Kier molecular flexibility index (Phi) is 4.68. The van der Waals surface area contributed by atoms with Gasteiger partial charge >= 0.3 is 0 Å². The SMILES string of the molecule is COCC(=O)Nc1nc2ccc(-c3cccc(S(C)=O)c3)cn2n1. The van der Waals surface area contributed by atoms with Gasteiger partial charge in [-0.1, -0.05) is 12.1 Å². The molecule has 3 aromatic rings. The largest absolute Gasteiger partial charge is 0.375 e. The van der Waals surface area contributed by atoms with Crippen LogP contribution in [0.4, 0.5) is 5.95 Å². The first-order valence-corrected chi connectivity index (χ1v) is 8.72. The molecule has 1 atom stereocenters. The van der Waals surface area contributed by atoms with Crippen molar-refractivity contribution in [3.8, 4) is 11.1 Å². The van der Waals surface area contributed by atoms with Gasteiger partial charge in [-0.25, -0.2) is 4.52 Å². The number of amides is 1. The van der Waals surface area contributed by atoms with Crippen molar-refractivity contribution in [1.82, 2.24) is 14.6 Å². The van der Waals surface area contributed by atoms with Crippen molar-refractivity contribution >= 4 is 28.3 Å². The Morgan fingerprint density at radius 2 is 2.12 bits per heavy atom. The fraction of sp³-hybridized carbons (Fsp3) is 0.188. The summed E-state index contributed by atoms with van der Waals surface area (Å²) in [5.41, 5.74) is 2.46. The average molecular weight is 344 g/mol. The van der Waals surface area contributed by atoms with Crippen LogP contribution in [0.15, 0.2) is 47.5 Å². The smallest absolute Gasteiger partial charge is 0.252 e. The van der Waals surface area contributed by atoms with E-state index in [4.69, 9.17) is 4.74 Å². The zero-order valence-corrected chi connectivity index (χ0v) is 14.0. The molecule has 0 spiro atoms. The molecule has 1 amide bonds. The van der Waals surface area contributed by atoms with Crippen molar-refractivity contribution in [2.75, 3.05) is 25.3 Å². The van der Waals surface area contributed by atoms with Gasteiger partial charge in [0.1, 0.15) is 6.61 Å². The fourth-order valence-electron chi connectivity index (χ4n) is 2.25. The van der Waals surface area contributed by atoms with Gasteiger partial charge in [-0.3, -0.25) is 14.3 Å². The van der Waals surface area contributed by atoms with Gasteiger partial charge in [0, 0.05) is 40.8 Å². The normalized spacial score (nSPS) is 12.2. The van der Waals surface area contributed by atoms with Crippen LogP contribution in [0.25, 0.3) is 16.8 Å². The molecule has 0 saturated carbocycles. The van der Waals surface area contributed by atoms with Gasteiger partial charge in [-0.15, -0.1) is 5.10 Å². The monoisotopic (exact) mass is 344 g/mol. The van der Waals surface area contributed by atoms with Crippen molar-refractivity contribution in [3.63, 3.8) is 0 Å². The lowest BCUT2D eigenvalue weighted by atomic mass is 10.1. The minimum atomic E-state index is -1.04. The fourth-order valence-corrected chi connectivity index (χ4v) is 2.82. The van der Waals surface area contributed by atoms with E-state index in [1.807, 2.05) is 42.6 Å². The quantitative estimate of drug-likeness (QED) is 0.762. The number of ether oxygens (including phenoxy) is 1. The summed E-state index contributed by atoms with van der Waals surface area (Å²) in [6.07, 6.45) is 3.46. The van der Waals surface area contributed by atoms with E-state index in [-0.39, 0.29) is 18.5 Å². The molecular formula is C16H16N4O3S. The molecular weight excluding hydrogens is 328 g/mol. The molecule has 0 aliphatic heterocycles. The lowest BCUT2D eigenvalue weighted by Gasteiger charge is -2.04. The third-order valence-corrected chi connectivity index (χ3v) is 4.27. The maximum atomic E-state index is 11.6.